The van der Waals surface area contributed by atoms with Crippen LogP contribution in [0.3, 0.4) is 0 Å². The van der Waals surface area contributed by atoms with E-state index in [1.807, 2.05) is 0 Å². The first-order valence-corrected chi connectivity index (χ1v) is 13.7. The van der Waals surface area contributed by atoms with Crippen LogP contribution in [0.1, 0.15) is 116 Å². The zero-order valence-corrected chi connectivity index (χ0v) is 20.1. The van der Waals surface area contributed by atoms with Gasteiger partial charge in [-0.3, -0.25) is 0 Å². The highest BCUT2D eigenvalue weighted by atomic mass is 16.6. The van der Waals surface area contributed by atoms with Crippen molar-refractivity contribution in [1.82, 2.24) is 0 Å². The molecule has 0 atom stereocenters. The molecule has 0 spiro atoms. The molecule has 0 N–H and O–H groups in total. The summed E-state index contributed by atoms with van der Waals surface area (Å²) in [4.78, 5) is 0. The Morgan fingerprint density at radius 1 is 0.419 bits per heavy atom. The Morgan fingerprint density at radius 3 is 1.03 bits per heavy atom. The monoisotopic (exact) mass is 434 g/mol. The summed E-state index contributed by atoms with van der Waals surface area (Å²) in [5, 5.41) is 0. The molecule has 0 unspecified atom stereocenters. The fourth-order valence-corrected chi connectivity index (χ4v) is 7.96. The summed E-state index contributed by atoms with van der Waals surface area (Å²) in [6.07, 6.45) is 20.6. The Hall–Kier alpha value is -0.160. The van der Waals surface area contributed by atoms with E-state index in [9.17, 15) is 0 Å². The lowest BCUT2D eigenvalue weighted by molar-refractivity contribution is -0.271. The normalized spacial score (nSPS) is 47.7. The van der Waals surface area contributed by atoms with E-state index in [-0.39, 0.29) is 22.4 Å². The first-order chi connectivity index (χ1) is 15.1. The van der Waals surface area contributed by atoms with Gasteiger partial charge in [0.25, 0.3) is 0 Å². The number of ether oxygens (including phenoxy) is 4. The molecule has 0 aromatic heterocycles. The molecule has 4 aliphatic carbocycles. The standard InChI is InChI=1S/C27H46O4/c1-23-21-30-26-15-6-2-11-24(26,12-3-7-16-26)28-19-10-20-29-25-13-4-8-17-27(25,31-22-23)18-9-5-14-25/h23H,2-22H2,1H3. The smallest absolute Gasteiger partial charge is 0.0970 e. The minimum Gasteiger partial charge on any atom is -0.372 e. The predicted molar refractivity (Wildman–Crippen MR) is 122 cm³/mol. The molecule has 1 aliphatic heterocycles. The third-order valence-corrected chi connectivity index (χ3v) is 9.64. The molecule has 5 fully saturated rings. The van der Waals surface area contributed by atoms with Gasteiger partial charge in [-0.05, 0) is 57.8 Å². The van der Waals surface area contributed by atoms with Gasteiger partial charge in [-0.1, -0.05) is 58.3 Å². The average molecular weight is 435 g/mol. The van der Waals surface area contributed by atoms with Gasteiger partial charge in [0.1, 0.15) is 0 Å². The summed E-state index contributed by atoms with van der Waals surface area (Å²) in [6.45, 7) is 5.54. The van der Waals surface area contributed by atoms with Crippen molar-refractivity contribution in [2.45, 2.75) is 138 Å². The van der Waals surface area contributed by atoms with Gasteiger partial charge in [0, 0.05) is 19.1 Å². The first-order valence-electron chi connectivity index (χ1n) is 13.7. The lowest BCUT2D eigenvalue weighted by atomic mass is 9.63. The first kappa shape index (κ1) is 22.6. The molecule has 0 amide bonds. The van der Waals surface area contributed by atoms with E-state index in [4.69, 9.17) is 18.9 Å². The van der Waals surface area contributed by atoms with Crippen molar-refractivity contribution in [1.29, 1.82) is 0 Å². The van der Waals surface area contributed by atoms with Crippen LogP contribution in [0.25, 0.3) is 0 Å². The van der Waals surface area contributed by atoms with Crippen molar-refractivity contribution in [3.63, 3.8) is 0 Å². The Bertz CT molecular complexity index is 528. The van der Waals surface area contributed by atoms with Crippen LogP contribution in [0.15, 0.2) is 0 Å². The largest absolute Gasteiger partial charge is 0.372 e. The van der Waals surface area contributed by atoms with E-state index in [2.05, 4.69) is 6.92 Å². The summed E-state index contributed by atoms with van der Waals surface area (Å²) < 4.78 is 27.5. The second-order valence-electron chi connectivity index (χ2n) is 11.6. The zero-order chi connectivity index (χ0) is 21.3. The van der Waals surface area contributed by atoms with Crippen LogP contribution in [0.2, 0.25) is 0 Å². The summed E-state index contributed by atoms with van der Waals surface area (Å²) in [7, 11) is 0. The molecule has 5 aliphatic rings. The highest BCUT2D eigenvalue weighted by molar-refractivity contribution is 5.09. The molecule has 0 aromatic carbocycles. The van der Waals surface area contributed by atoms with Crippen molar-refractivity contribution >= 4 is 0 Å². The van der Waals surface area contributed by atoms with Crippen molar-refractivity contribution in [3.8, 4) is 0 Å². The van der Waals surface area contributed by atoms with Gasteiger partial charge in [-0.15, -0.1) is 0 Å². The van der Waals surface area contributed by atoms with Crippen molar-refractivity contribution in [3.05, 3.63) is 0 Å². The SMILES string of the molecule is CC1COC23CCCCC2(CCCC3)OCCCOC23CCCCC2(CCCC3)OC1. The number of rotatable bonds is 0. The van der Waals surface area contributed by atoms with E-state index in [0.717, 1.165) is 32.8 Å². The molecule has 0 aromatic rings. The Morgan fingerprint density at radius 2 is 0.710 bits per heavy atom. The lowest BCUT2D eigenvalue weighted by Crippen LogP contribution is -2.63. The van der Waals surface area contributed by atoms with E-state index in [1.165, 1.54) is 103 Å². The van der Waals surface area contributed by atoms with Crippen LogP contribution in [0, 0.1) is 5.92 Å². The maximum atomic E-state index is 6.92. The summed E-state index contributed by atoms with van der Waals surface area (Å²) >= 11 is 0. The molecule has 4 heteroatoms. The van der Waals surface area contributed by atoms with Crippen molar-refractivity contribution in [2.24, 2.45) is 5.92 Å². The fraction of sp³-hybridized carbons (Fsp3) is 1.00. The van der Waals surface area contributed by atoms with Crippen molar-refractivity contribution < 1.29 is 18.9 Å². The van der Waals surface area contributed by atoms with Gasteiger partial charge in [0.2, 0.25) is 0 Å². The Kier molecular flexibility index (Phi) is 6.74. The molecule has 31 heavy (non-hydrogen) atoms. The molecule has 5 rings (SSSR count). The lowest BCUT2D eigenvalue weighted by Gasteiger charge is -2.57. The zero-order valence-electron chi connectivity index (χ0n) is 20.1. The van der Waals surface area contributed by atoms with Gasteiger partial charge in [0.15, 0.2) is 0 Å². The molecular formula is C27H46O4. The summed E-state index contributed by atoms with van der Waals surface area (Å²) in [5.41, 5.74) is -0.265. The van der Waals surface area contributed by atoms with E-state index < -0.39 is 0 Å². The van der Waals surface area contributed by atoms with Gasteiger partial charge in [-0.2, -0.15) is 0 Å². The fourth-order valence-electron chi connectivity index (χ4n) is 7.96. The molecule has 0 radical (unpaired) electrons. The Labute approximate surface area is 190 Å². The molecule has 0 bridgehead atoms. The maximum Gasteiger partial charge on any atom is 0.0970 e. The van der Waals surface area contributed by atoms with Gasteiger partial charge in [0.05, 0.1) is 35.6 Å². The van der Waals surface area contributed by atoms with Gasteiger partial charge in [-0.25, -0.2) is 0 Å². The molecule has 4 saturated carbocycles. The van der Waals surface area contributed by atoms with Gasteiger partial charge >= 0.3 is 0 Å². The van der Waals surface area contributed by atoms with Crippen LogP contribution < -0.4 is 0 Å². The van der Waals surface area contributed by atoms with Gasteiger partial charge < -0.3 is 18.9 Å². The quantitative estimate of drug-likeness (QED) is 0.445. The second kappa shape index (κ2) is 9.24. The summed E-state index contributed by atoms with van der Waals surface area (Å²) in [6, 6.07) is 0. The number of hydrogen-bond donors (Lipinski definition) is 0. The minimum absolute atomic E-state index is 0.0636. The summed E-state index contributed by atoms with van der Waals surface area (Å²) in [5.74, 6) is 0.412. The van der Waals surface area contributed by atoms with Crippen LogP contribution in [0.5, 0.6) is 0 Å². The van der Waals surface area contributed by atoms with Crippen LogP contribution in [-0.4, -0.2) is 48.8 Å². The van der Waals surface area contributed by atoms with E-state index >= 15 is 0 Å². The molecular weight excluding hydrogens is 388 g/mol. The van der Waals surface area contributed by atoms with Crippen LogP contribution in [0.4, 0.5) is 0 Å². The van der Waals surface area contributed by atoms with Crippen LogP contribution in [-0.2, 0) is 18.9 Å². The second-order valence-corrected chi connectivity index (χ2v) is 11.6. The van der Waals surface area contributed by atoms with Crippen molar-refractivity contribution in [2.75, 3.05) is 26.4 Å². The van der Waals surface area contributed by atoms with E-state index in [0.29, 0.717) is 5.92 Å². The molecule has 1 heterocycles. The third kappa shape index (κ3) is 4.02. The Balaban J connectivity index is 1.37. The third-order valence-electron chi connectivity index (χ3n) is 9.64. The molecule has 1 saturated heterocycles. The molecule has 4 nitrogen and oxygen atoms in total. The predicted octanol–water partition coefficient (Wildman–Crippen LogP) is 6.34. The average Bonchev–Trinajstić information content (AvgIpc) is 2.81. The minimum atomic E-state index is -0.0690. The topological polar surface area (TPSA) is 36.9 Å². The highest BCUT2D eigenvalue weighted by Crippen LogP contribution is 2.53. The maximum absolute atomic E-state index is 6.92. The van der Waals surface area contributed by atoms with E-state index in [1.54, 1.807) is 0 Å². The number of hydrogen-bond acceptors (Lipinski definition) is 4. The molecule has 178 valence electrons. The van der Waals surface area contributed by atoms with Crippen LogP contribution >= 0.6 is 0 Å². The highest BCUT2D eigenvalue weighted by Gasteiger charge is 2.57.